The lowest BCUT2D eigenvalue weighted by atomic mass is 9.98. The summed E-state index contributed by atoms with van der Waals surface area (Å²) in [5.41, 5.74) is -0.424. The smallest absolute Gasteiger partial charge is 0.329 e. The fraction of sp³-hybridized carbons (Fsp3) is 0.417. The standard InChI is InChI=1S/C12H13N3O2/c13-7-9-3-4-10(14-8-9)15-12(11(16)17)5-1-2-6-12/h3-4,8H,1-2,5-6H2,(H,14,15)(H,16,17). The zero-order valence-electron chi connectivity index (χ0n) is 9.31. The van der Waals surface area contributed by atoms with Crippen LogP contribution in [-0.4, -0.2) is 21.6 Å². The second kappa shape index (κ2) is 4.42. The maximum absolute atomic E-state index is 11.3. The summed E-state index contributed by atoms with van der Waals surface area (Å²) in [5, 5.41) is 20.9. The van der Waals surface area contributed by atoms with Gasteiger partial charge in [-0.2, -0.15) is 5.26 Å². The summed E-state index contributed by atoms with van der Waals surface area (Å²) in [4.78, 5) is 15.4. The number of nitriles is 1. The molecule has 0 unspecified atom stereocenters. The van der Waals surface area contributed by atoms with Gasteiger partial charge in [0.2, 0.25) is 0 Å². The van der Waals surface area contributed by atoms with Crippen molar-refractivity contribution in [1.29, 1.82) is 5.26 Å². The van der Waals surface area contributed by atoms with Crippen LogP contribution in [0.5, 0.6) is 0 Å². The molecule has 88 valence electrons. The second-order valence-electron chi connectivity index (χ2n) is 4.26. The fourth-order valence-electron chi connectivity index (χ4n) is 2.15. The third kappa shape index (κ3) is 2.21. The van der Waals surface area contributed by atoms with Crippen LogP contribution >= 0.6 is 0 Å². The molecule has 1 aliphatic rings. The lowest BCUT2D eigenvalue weighted by molar-refractivity contribution is -0.142. The van der Waals surface area contributed by atoms with Crippen molar-refractivity contribution in [3.63, 3.8) is 0 Å². The van der Waals surface area contributed by atoms with Crippen molar-refractivity contribution in [2.45, 2.75) is 31.2 Å². The first kappa shape index (κ1) is 11.4. The number of carbonyl (C=O) groups is 1. The van der Waals surface area contributed by atoms with Gasteiger partial charge in [0.1, 0.15) is 17.4 Å². The Labute approximate surface area is 99.1 Å². The Balaban J connectivity index is 2.18. The van der Waals surface area contributed by atoms with Crippen LogP contribution < -0.4 is 5.32 Å². The van der Waals surface area contributed by atoms with Gasteiger partial charge in [0.25, 0.3) is 0 Å². The van der Waals surface area contributed by atoms with Crippen LogP contribution in [0, 0.1) is 11.3 Å². The summed E-state index contributed by atoms with van der Waals surface area (Å²) in [6.45, 7) is 0. The molecule has 1 fully saturated rings. The van der Waals surface area contributed by atoms with Crippen LogP contribution in [0.1, 0.15) is 31.2 Å². The molecule has 0 atom stereocenters. The summed E-state index contributed by atoms with van der Waals surface area (Å²) in [5.74, 6) is -0.325. The third-order valence-electron chi connectivity index (χ3n) is 3.13. The van der Waals surface area contributed by atoms with E-state index in [1.54, 1.807) is 12.1 Å². The summed E-state index contributed by atoms with van der Waals surface area (Å²) in [6.07, 6.45) is 4.49. The Kier molecular flexibility index (Phi) is 2.96. The number of aromatic nitrogens is 1. The molecule has 0 amide bonds. The Hall–Kier alpha value is -2.09. The Morgan fingerprint density at radius 3 is 2.65 bits per heavy atom. The van der Waals surface area contributed by atoms with E-state index in [1.165, 1.54) is 6.20 Å². The molecule has 1 saturated carbocycles. The average molecular weight is 231 g/mol. The van der Waals surface area contributed by atoms with E-state index >= 15 is 0 Å². The van der Waals surface area contributed by atoms with Gasteiger partial charge in [0, 0.05) is 6.20 Å². The zero-order valence-corrected chi connectivity index (χ0v) is 9.31. The van der Waals surface area contributed by atoms with Crippen LogP contribution in [0.15, 0.2) is 18.3 Å². The van der Waals surface area contributed by atoms with Gasteiger partial charge < -0.3 is 10.4 Å². The predicted octanol–water partition coefficient (Wildman–Crippen LogP) is 1.76. The number of nitrogens with zero attached hydrogens (tertiary/aromatic N) is 2. The van der Waals surface area contributed by atoms with E-state index < -0.39 is 11.5 Å². The molecule has 5 nitrogen and oxygen atoms in total. The van der Waals surface area contributed by atoms with Gasteiger partial charge in [-0.1, -0.05) is 12.8 Å². The summed E-state index contributed by atoms with van der Waals surface area (Å²) in [6, 6.07) is 5.24. The minimum absolute atomic E-state index is 0.464. The quantitative estimate of drug-likeness (QED) is 0.827. The van der Waals surface area contributed by atoms with E-state index in [0.29, 0.717) is 24.2 Å². The van der Waals surface area contributed by atoms with E-state index in [9.17, 15) is 9.90 Å². The highest BCUT2D eigenvalue weighted by molar-refractivity contribution is 5.82. The molecule has 2 rings (SSSR count). The van der Waals surface area contributed by atoms with Crippen LogP contribution in [0.25, 0.3) is 0 Å². The Bertz CT molecular complexity index is 456. The number of pyridine rings is 1. The van der Waals surface area contributed by atoms with Gasteiger partial charge in [-0.15, -0.1) is 0 Å². The molecule has 1 aromatic heterocycles. The molecule has 0 saturated heterocycles. The largest absolute Gasteiger partial charge is 0.480 e. The number of nitrogens with one attached hydrogen (secondary N) is 1. The van der Waals surface area contributed by atoms with Crippen molar-refractivity contribution >= 4 is 11.8 Å². The minimum atomic E-state index is -0.888. The number of rotatable bonds is 3. The van der Waals surface area contributed by atoms with Crippen LogP contribution in [0.3, 0.4) is 0 Å². The molecule has 1 aromatic rings. The van der Waals surface area contributed by atoms with Gasteiger partial charge in [0.15, 0.2) is 0 Å². The van der Waals surface area contributed by atoms with E-state index in [2.05, 4.69) is 10.3 Å². The van der Waals surface area contributed by atoms with Gasteiger partial charge in [-0.3, -0.25) is 0 Å². The lowest BCUT2D eigenvalue weighted by Crippen LogP contribution is -2.43. The first-order valence-electron chi connectivity index (χ1n) is 5.54. The average Bonchev–Trinajstić information content (AvgIpc) is 2.80. The molecular weight excluding hydrogens is 218 g/mol. The highest BCUT2D eigenvalue weighted by atomic mass is 16.4. The number of anilines is 1. The molecule has 2 N–H and O–H groups in total. The normalized spacial score (nSPS) is 17.4. The molecule has 1 aliphatic carbocycles. The van der Waals surface area contributed by atoms with E-state index in [1.807, 2.05) is 6.07 Å². The number of aliphatic carboxylic acids is 1. The highest BCUT2D eigenvalue weighted by Gasteiger charge is 2.41. The first-order chi connectivity index (χ1) is 8.16. The van der Waals surface area contributed by atoms with Crippen molar-refractivity contribution < 1.29 is 9.90 Å². The van der Waals surface area contributed by atoms with Crippen molar-refractivity contribution in [3.8, 4) is 6.07 Å². The maximum Gasteiger partial charge on any atom is 0.329 e. The molecule has 0 bridgehead atoms. The molecule has 0 radical (unpaired) electrons. The molecule has 0 aromatic carbocycles. The Morgan fingerprint density at radius 1 is 1.47 bits per heavy atom. The second-order valence-corrected chi connectivity index (χ2v) is 4.26. The monoisotopic (exact) mass is 231 g/mol. The van der Waals surface area contributed by atoms with Crippen molar-refractivity contribution in [2.75, 3.05) is 5.32 Å². The van der Waals surface area contributed by atoms with Gasteiger partial charge in [-0.05, 0) is 25.0 Å². The van der Waals surface area contributed by atoms with Gasteiger partial charge in [0.05, 0.1) is 5.56 Å². The van der Waals surface area contributed by atoms with Gasteiger partial charge >= 0.3 is 5.97 Å². The van der Waals surface area contributed by atoms with Crippen molar-refractivity contribution in [1.82, 2.24) is 4.98 Å². The Morgan fingerprint density at radius 2 is 2.18 bits per heavy atom. The predicted molar refractivity (Wildman–Crippen MR) is 61.4 cm³/mol. The zero-order chi connectivity index (χ0) is 12.3. The number of hydrogen-bond donors (Lipinski definition) is 2. The summed E-state index contributed by atoms with van der Waals surface area (Å²) >= 11 is 0. The van der Waals surface area contributed by atoms with E-state index in [0.717, 1.165) is 12.8 Å². The topological polar surface area (TPSA) is 86.0 Å². The van der Waals surface area contributed by atoms with E-state index in [-0.39, 0.29) is 0 Å². The third-order valence-corrected chi connectivity index (χ3v) is 3.13. The fourth-order valence-corrected chi connectivity index (χ4v) is 2.15. The lowest BCUT2D eigenvalue weighted by Gasteiger charge is -2.25. The minimum Gasteiger partial charge on any atom is -0.480 e. The number of carboxylic acid groups (broad SMARTS) is 1. The molecule has 5 heteroatoms. The van der Waals surface area contributed by atoms with Gasteiger partial charge in [-0.25, -0.2) is 9.78 Å². The highest BCUT2D eigenvalue weighted by Crippen LogP contribution is 2.32. The first-order valence-corrected chi connectivity index (χ1v) is 5.54. The number of carboxylic acids is 1. The van der Waals surface area contributed by atoms with Crippen molar-refractivity contribution in [2.24, 2.45) is 0 Å². The maximum atomic E-state index is 11.3. The SMILES string of the molecule is N#Cc1ccc(NC2(C(=O)O)CCCC2)nc1. The van der Waals surface area contributed by atoms with Crippen molar-refractivity contribution in [3.05, 3.63) is 23.9 Å². The van der Waals surface area contributed by atoms with Crippen LogP contribution in [0.4, 0.5) is 5.82 Å². The summed E-state index contributed by atoms with van der Waals surface area (Å²) in [7, 11) is 0. The number of hydrogen-bond acceptors (Lipinski definition) is 4. The van der Waals surface area contributed by atoms with Crippen LogP contribution in [0.2, 0.25) is 0 Å². The summed E-state index contributed by atoms with van der Waals surface area (Å²) < 4.78 is 0. The molecule has 17 heavy (non-hydrogen) atoms. The van der Waals surface area contributed by atoms with E-state index in [4.69, 9.17) is 5.26 Å². The molecule has 0 spiro atoms. The molecule has 0 aliphatic heterocycles. The molecular formula is C12H13N3O2. The van der Waals surface area contributed by atoms with Crippen LogP contribution in [-0.2, 0) is 4.79 Å². The molecule has 1 heterocycles.